The number of ether oxygens (including phenoxy) is 1. The molecule has 0 spiro atoms. The van der Waals surface area contributed by atoms with Crippen molar-refractivity contribution in [3.05, 3.63) is 40.4 Å². The number of carbonyl (C=O) groups is 2. The summed E-state index contributed by atoms with van der Waals surface area (Å²) in [6.07, 6.45) is 4.43. The lowest BCUT2D eigenvalue weighted by molar-refractivity contribution is -0.124. The fourth-order valence-electron chi connectivity index (χ4n) is 3.16. The number of nitrogens with zero attached hydrogens (tertiary/aromatic N) is 1. The first-order chi connectivity index (χ1) is 12.2. The number of hydrogen-bond donors (Lipinski definition) is 2. The number of rotatable bonds is 4. The number of benzene rings is 1. The third kappa shape index (κ3) is 3.57. The van der Waals surface area contributed by atoms with Gasteiger partial charge in [0, 0.05) is 22.7 Å². The molecule has 1 atom stereocenters. The van der Waals surface area contributed by atoms with Gasteiger partial charge >= 0.3 is 0 Å². The van der Waals surface area contributed by atoms with Crippen molar-refractivity contribution in [3.8, 4) is 0 Å². The minimum absolute atomic E-state index is 0.161. The van der Waals surface area contributed by atoms with Crippen LogP contribution >= 0.6 is 11.3 Å². The van der Waals surface area contributed by atoms with E-state index in [1.807, 2.05) is 0 Å². The largest absolute Gasteiger partial charge is 0.368 e. The molecule has 2 heterocycles. The highest BCUT2D eigenvalue weighted by Gasteiger charge is 2.24. The molecular weight excluding hydrogens is 338 g/mol. The lowest BCUT2D eigenvalue weighted by atomic mass is 10.1. The first kappa shape index (κ1) is 16.2. The van der Waals surface area contributed by atoms with E-state index in [0.29, 0.717) is 23.0 Å². The van der Waals surface area contributed by atoms with Crippen molar-refractivity contribution < 1.29 is 14.3 Å². The van der Waals surface area contributed by atoms with Gasteiger partial charge in [-0.05, 0) is 50.3 Å². The molecule has 7 heteroatoms. The van der Waals surface area contributed by atoms with E-state index in [1.54, 1.807) is 35.6 Å². The smallest absolute Gasteiger partial charge is 0.257 e. The maximum atomic E-state index is 12.5. The van der Waals surface area contributed by atoms with Gasteiger partial charge in [-0.25, -0.2) is 4.98 Å². The van der Waals surface area contributed by atoms with Crippen LogP contribution in [-0.4, -0.2) is 29.5 Å². The first-order valence-electron chi connectivity index (χ1n) is 8.51. The Morgan fingerprint density at radius 1 is 1.20 bits per heavy atom. The molecule has 1 saturated heterocycles. The molecule has 0 bridgehead atoms. The molecule has 25 heavy (non-hydrogen) atoms. The summed E-state index contributed by atoms with van der Waals surface area (Å²) in [4.78, 5) is 30.3. The lowest BCUT2D eigenvalue weighted by Gasteiger charge is -2.11. The highest BCUT2D eigenvalue weighted by Crippen LogP contribution is 2.30. The molecule has 0 saturated carbocycles. The van der Waals surface area contributed by atoms with E-state index in [4.69, 9.17) is 4.74 Å². The van der Waals surface area contributed by atoms with Crippen molar-refractivity contribution in [3.63, 3.8) is 0 Å². The zero-order valence-electron chi connectivity index (χ0n) is 13.7. The quantitative estimate of drug-likeness (QED) is 0.881. The number of fused-ring (bicyclic) bond motifs is 1. The van der Waals surface area contributed by atoms with Crippen LogP contribution in [0, 0.1) is 0 Å². The lowest BCUT2D eigenvalue weighted by Crippen LogP contribution is -2.27. The van der Waals surface area contributed by atoms with Crippen LogP contribution in [0.3, 0.4) is 0 Å². The van der Waals surface area contributed by atoms with E-state index in [0.717, 1.165) is 37.8 Å². The number of aromatic nitrogens is 1. The fraction of sp³-hybridized carbons (Fsp3) is 0.389. The zero-order valence-corrected chi connectivity index (χ0v) is 14.5. The standard InChI is InChI=1S/C18H19N3O3S/c22-16(21-18-20-13-6-2-8-15(13)25-18)11-4-1-5-12(10-11)19-17(23)14-7-3-9-24-14/h1,4-5,10,14H,2-3,6-9H2,(H,19,23)(H,20,21,22)/t14-/m0/s1. The SMILES string of the molecule is O=C(Nc1nc2c(s1)CCC2)c1cccc(NC(=O)[C@@H]2CCCO2)c1. The third-order valence-corrected chi connectivity index (χ3v) is 5.50. The Morgan fingerprint density at radius 3 is 2.92 bits per heavy atom. The van der Waals surface area contributed by atoms with Crippen molar-refractivity contribution in [1.82, 2.24) is 4.98 Å². The predicted molar refractivity (Wildman–Crippen MR) is 96.1 cm³/mol. The first-order valence-corrected chi connectivity index (χ1v) is 9.33. The molecule has 2 aliphatic rings. The number of carbonyl (C=O) groups excluding carboxylic acids is 2. The van der Waals surface area contributed by atoms with E-state index < -0.39 is 6.10 Å². The van der Waals surface area contributed by atoms with Crippen molar-refractivity contribution in [2.24, 2.45) is 0 Å². The predicted octanol–water partition coefficient (Wildman–Crippen LogP) is 3.00. The molecule has 2 N–H and O–H groups in total. The number of thiazole rings is 1. The van der Waals surface area contributed by atoms with Gasteiger partial charge < -0.3 is 10.1 Å². The Bertz CT molecular complexity index is 790. The molecule has 0 radical (unpaired) electrons. The number of amides is 2. The van der Waals surface area contributed by atoms with E-state index in [1.165, 1.54) is 4.88 Å². The molecule has 1 aromatic carbocycles. The summed E-state index contributed by atoms with van der Waals surface area (Å²) in [6, 6.07) is 6.91. The molecule has 1 aliphatic heterocycles. The van der Waals surface area contributed by atoms with Gasteiger partial charge in [-0.1, -0.05) is 6.07 Å². The second-order valence-corrected chi connectivity index (χ2v) is 7.35. The Labute approximate surface area is 149 Å². The van der Waals surface area contributed by atoms with Crippen molar-refractivity contribution in [2.45, 2.75) is 38.2 Å². The highest BCUT2D eigenvalue weighted by atomic mass is 32.1. The monoisotopic (exact) mass is 357 g/mol. The van der Waals surface area contributed by atoms with Gasteiger partial charge in [-0.15, -0.1) is 11.3 Å². The summed E-state index contributed by atoms with van der Waals surface area (Å²) in [7, 11) is 0. The summed E-state index contributed by atoms with van der Waals surface area (Å²) in [5.74, 6) is -0.382. The van der Waals surface area contributed by atoms with Crippen LogP contribution in [0.1, 0.15) is 40.2 Å². The van der Waals surface area contributed by atoms with E-state index >= 15 is 0 Å². The normalized spacial score (nSPS) is 18.8. The molecule has 130 valence electrons. The van der Waals surface area contributed by atoms with Crippen molar-refractivity contribution in [1.29, 1.82) is 0 Å². The van der Waals surface area contributed by atoms with Crippen LogP contribution in [-0.2, 0) is 22.4 Å². The van der Waals surface area contributed by atoms with Gasteiger partial charge in [0.05, 0.1) is 5.69 Å². The highest BCUT2D eigenvalue weighted by molar-refractivity contribution is 7.16. The number of nitrogens with one attached hydrogen (secondary N) is 2. The van der Waals surface area contributed by atoms with Crippen molar-refractivity contribution >= 4 is 34.0 Å². The Balaban J connectivity index is 1.42. The van der Waals surface area contributed by atoms with Gasteiger partial charge in [0.15, 0.2) is 5.13 Å². The second-order valence-electron chi connectivity index (χ2n) is 6.27. The topological polar surface area (TPSA) is 80.3 Å². The van der Waals surface area contributed by atoms with Gasteiger partial charge in [0.1, 0.15) is 6.10 Å². The molecule has 2 aromatic rings. The molecule has 4 rings (SSSR count). The maximum absolute atomic E-state index is 12.5. The van der Waals surface area contributed by atoms with Crippen LogP contribution in [0.5, 0.6) is 0 Å². The Hall–Kier alpha value is -2.25. The molecular formula is C18H19N3O3S. The summed E-state index contributed by atoms with van der Waals surface area (Å²) in [5, 5.41) is 6.31. The molecule has 1 fully saturated rings. The van der Waals surface area contributed by atoms with Crippen LogP contribution < -0.4 is 10.6 Å². The number of hydrogen-bond acceptors (Lipinski definition) is 5. The van der Waals surface area contributed by atoms with Gasteiger partial charge in [0.25, 0.3) is 11.8 Å². The van der Waals surface area contributed by atoms with E-state index in [-0.39, 0.29) is 11.8 Å². The minimum atomic E-state index is -0.393. The van der Waals surface area contributed by atoms with Crippen LogP contribution in [0.15, 0.2) is 24.3 Å². The second kappa shape index (κ2) is 6.93. The maximum Gasteiger partial charge on any atom is 0.257 e. The number of aryl methyl sites for hydroxylation is 2. The van der Waals surface area contributed by atoms with Crippen LogP contribution in [0.4, 0.5) is 10.8 Å². The minimum Gasteiger partial charge on any atom is -0.368 e. The zero-order chi connectivity index (χ0) is 17.2. The van der Waals surface area contributed by atoms with Gasteiger partial charge in [-0.3, -0.25) is 14.9 Å². The average molecular weight is 357 g/mol. The van der Waals surface area contributed by atoms with Gasteiger partial charge in [-0.2, -0.15) is 0 Å². The molecule has 1 aliphatic carbocycles. The van der Waals surface area contributed by atoms with E-state index in [2.05, 4.69) is 15.6 Å². The summed E-state index contributed by atoms with van der Waals surface area (Å²) >= 11 is 1.55. The van der Waals surface area contributed by atoms with Crippen LogP contribution in [0.2, 0.25) is 0 Å². The fourth-order valence-corrected chi connectivity index (χ4v) is 4.20. The van der Waals surface area contributed by atoms with Crippen LogP contribution in [0.25, 0.3) is 0 Å². The summed E-state index contributed by atoms with van der Waals surface area (Å²) in [5.41, 5.74) is 2.19. The Morgan fingerprint density at radius 2 is 2.12 bits per heavy atom. The Kier molecular flexibility index (Phi) is 4.50. The van der Waals surface area contributed by atoms with E-state index in [9.17, 15) is 9.59 Å². The van der Waals surface area contributed by atoms with Crippen molar-refractivity contribution in [2.75, 3.05) is 17.2 Å². The summed E-state index contributed by atoms with van der Waals surface area (Å²) < 4.78 is 5.38. The third-order valence-electron chi connectivity index (χ3n) is 4.43. The molecule has 1 aromatic heterocycles. The summed E-state index contributed by atoms with van der Waals surface area (Å²) in [6.45, 7) is 0.623. The molecule has 6 nitrogen and oxygen atoms in total. The average Bonchev–Trinajstić information content (AvgIpc) is 3.32. The number of anilines is 2. The molecule has 0 unspecified atom stereocenters. The van der Waals surface area contributed by atoms with Gasteiger partial charge in [0.2, 0.25) is 0 Å². The molecule has 2 amide bonds.